The van der Waals surface area contributed by atoms with Crippen molar-refractivity contribution in [1.29, 1.82) is 0 Å². The molecule has 1 heterocycles. The molecule has 128 valence electrons. The number of hydrogen-bond acceptors (Lipinski definition) is 5. The zero-order valence-electron chi connectivity index (χ0n) is 13.7. The van der Waals surface area contributed by atoms with Crippen molar-refractivity contribution in [1.82, 2.24) is 4.98 Å². The van der Waals surface area contributed by atoms with E-state index < -0.39 is 0 Å². The molecule has 0 saturated carbocycles. The quantitative estimate of drug-likeness (QED) is 0.645. The van der Waals surface area contributed by atoms with Gasteiger partial charge in [0.05, 0.1) is 27.0 Å². The summed E-state index contributed by atoms with van der Waals surface area (Å²) in [6, 6.07) is 10.5. The number of nitrogens with one attached hydrogen (secondary N) is 2. The van der Waals surface area contributed by atoms with E-state index in [0.29, 0.717) is 22.0 Å². The molecule has 1 amide bonds. The van der Waals surface area contributed by atoms with Crippen molar-refractivity contribution in [2.24, 2.45) is 0 Å². The predicted molar refractivity (Wildman–Crippen MR) is 103 cm³/mol. The number of fused-ring (bicyclic) bond motifs is 1. The van der Waals surface area contributed by atoms with Crippen LogP contribution in [0.15, 0.2) is 36.4 Å². The molecule has 0 aliphatic heterocycles. The fourth-order valence-corrected chi connectivity index (χ4v) is 3.49. The first-order valence-corrected chi connectivity index (χ1v) is 8.84. The summed E-state index contributed by atoms with van der Waals surface area (Å²) >= 11 is 7.82. The number of aryl methyl sites for hydroxylation is 1. The Bertz CT molecular complexity index is 968. The molecule has 0 aliphatic carbocycles. The molecule has 0 bridgehead atoms. The first kappa shape index (κ1) is 17.4. The highest BCUT2D eigenvalue weighted by Crippen LogP contribution is 2.33. The molecular formula is C18H16ClN3O2S. The van der Waals surface area contributed by atoms with E-state index in [1.165, 1.54) is 6.92 Å². The minimum absolute atomic E-state index is 0.0414. The number of halogens is 1. The van der Waals surface area contributed by atoms with Gasteiger partial charge in [0.25, 0.3) is 0 Å². The molecule has 7 heteroatoms. The Kier molecular flexibility index (Phi) is 5.01. The molecule has 25 heavy (non-hydrogen) atoms. The molecule has 2 N–H and O–H groups in total. The summed E-state index contributed by atoms with van der Waals surface area (Å²) in [5.41, 5.74) is 2.54. The molecule has 1 aromatic heterocycles. The number of carbonyl (C=O) groups excluding carboxylic acids is 2. The standard InChI is InChI=1S/C18H16ClN3O2S/c1-10(23)12-4-3-5-13(8-12)22-16(24)9-20-17-14(19)6-7-15-18(17)21-11(2)25-15/h3-8,20H,9H2,1-2H3,(H,22,24). The van der Waals surface area contributed by atoms with Crippen molar-refractivity contribution in [2.75, 3.05) is 17.2 Å². The number of nitrogens with zero attached hydrogens (tertiary/aromatic N) is 1. The molecule has 5 nitrogen and oxygen atoms in total. The lowest BCUT2D eigenvalue weighted by molar-refractivity contribution is -0.114. The van der Waals surface area contributed by atoms with Crippen LogP contribution in [0.4, 0.5) is 11.4 Å². The Morgan fingerprint density at radius 2 is 2.04 bits per heavy atom. The molecule has 2 aromatic carbocycles. The van der Waals surface area contributed by atoms with Gasteiger partial charge in [0.1, 0.15) is 5.52 Å². The maximum atomic E-state index is 12.2. The Labute approximate surface area is 154 Å². The number of hydrogen-bond donors (Lipinski definition) is 2. The molecule has 3 rings (SSSR count). The van der Waals surface area contributed by atoms with Crippen LogP contribution in [0.5, 0.6) is 0 Å². The van der Waals surface area contributed by atoms with Crippen LogP contribution in [-0.2, 0) is 4.79 Å². The molecule has 0 spiro atoms. The Morgan fingerprint density at radius 1 is 1.24 bits per heavy atom. The van der Waals surface area contributed by atoms with Gasteiger partial charge in [-0.25, -0.2) is 4.98 Å². The van der Waals surface area contributed by atoms with E-state index in [4.69, 9.17) is 11.6 Å². The van der Waals surface area contributed by atoms with Crippen LogP contribution in [0.3, 0.4) is 0 Å². The van der Waals surface area contributed by atoms with E-state index in [-0.39, 0.29) is 18.2 Å². The third-order valence-corrected chi connectivity index (χ3v) is 4.85. The molecular weight excluding hydrogens is 358 g/mol. The number of carbonyl (C=O) groups is 2. The molecule has 0 aliphatic rings. The predicted octanol–water partition coefficient (Wildman–Crippen LogP) is 4.51. The SMILES string of the molecule is CC(=O)c1cccc(NC(=O)CNc2c(Cl)ccc3sc(C)nc23)c1. The zero-order chi connectivity index (χ0) is 18.0. The second-order valence-electron chi connectivity index (χ2n) is 5.54. The van der Waals surface area contributed by atoms with Crippen LogP contribution < -0.4 is 10.6 Å². The van der Waals surface area contributed by atoms with Gasteiger partial charge in [-0.2, -0.15) is 0 Å². The van der Waals surface area contributed by atoms with Gasteiger partial charge in [-0.15, -0.1) is 11.3 Å². The smallest absolute Gasteiger partial charge is 0.243 e. The molecule has 0 unspecified atom stereocenters. The van der Waals surface area contributed by atoms with E-state index in [1.54, 1.807) is 41.7 Å². The average Bonchev–Trinajstić information content (AvgIpc) is 2.94. The summed E-state index contributed by atoms with van der Waals surface area (Å²) in [7, 11) is 0. The van der Waals surface area contributed by atoms with Crippen LogP contribution in [0, 0.1) is 6.92 Å². The topological polar surface area (TPSA) is 71.1 Å². The van der Waals surface area contributed by atoms with Crippen LogP contribution in [0.1, 0.15) is 22.3 Å². The average molecular weight is 374 g/mol. The zero-order valence-corrected chi connectivity index (χ0v) is 15.3. The van der Waals surface area contributed by atoms with Gasteiger partial charge in [0.2, 0.25) is 5.91 Å². The normalized spacial score (nSPS) is 10.7. The third-order valence-electron chi connectivity index (χ3n) is 3.60. The minimum atomic E-state index is -0.235. The number of amides is 1. The highest BCUT2D eigenvalue weighted by Gasteiger charge is 2.12. The maximum absolute atomic E-state index is 12.2. The number of ketones is 1. The van der Waals surface area contributed by atoms with Gasteiger partial charge in [-0.05, 0) is 38.1 Å². The first-order valence-electron chi connectivity index (χ1n) is 7.64. The first-order chi connectivity index (χ1) is 11.9. The van der Waals surface area contributed by atoms with Crippen molar-refractivity contribution < 1.29 is 9.59 Å². The van der Waals surface area contributed by atoms with Gasteiger partial charge in [-0.1, -0.05) is 23.7 Å². The lowest BCUT2D eigenvalue weighted by atomic mass is 10.1. The van der Waals surface area contributed by atoms with Gasteiger partial charge in [0.15, 0.2) is 5.78 Å². The summed E-state index contributed by atoms with van der Waals surface area (Å²) in [5.74, 6) is -0.285. The van der Waals surface area contributed by atoms with Gasteiger partial charge in [-0.3, -0.25) is 9.59 Å². The third kappa shape index (κ3) is 3.97. The lowest BCUT2D eigenvalue weighted by Crippen LogP contribution is -2.22. The molecule has 0 fully saturated rings. The summed E-state index contributed by atoms with van der Waals surface area (Å²) < 4.78 is 1.01. The van der Waals surface area contributed by atoms with E-state index in [9.17, 15) is 9.59 Å². The largest absolute Gasteiger partial charge is 0.373 e. The molecule has 0 radical (unpaired) electrons. The Hall–Kier alpha value is -2.44. The highest BCUT2D eigenvalue weighted by molar-refractivity contribution is 7.18. The lowest BCUT2D eigenvalue weighted by Gasteiger charge is -2.10. The summed E-state index contributed by atoms with van der Waals surface area (Å²) in [5, 5.41) is 7.28. The van der Waals surface area contributed by atoms with Crippen LogP contribution in [0.2, 0.25) is 5.02 Å². The van der Waals surface area contributed by atoms with E-state index in [1.807, 2.05) is 13.0 Å². The maximum Gasteiger partial charge on any atom is 0.243 e. The number of anilines is 2. The van der Waals surface area contributed by atoms with Crippen molar-refractivity contribution >= 4 is 56.2 Å². The fraction of sp³-hybridized carbons (Fsp3) is 0.167. The van der Waals surface area contributed by atoms with Gasteiger partial charge >= 0.3 is 0 Å². The second-order valence-corrected chi connectivity index (χ2v) is 7.18. The van der Waals surface area contributed by atoms with Crippen molar-refractivity contribution in [3.8, 4) is 0 Å². The van der Waals surface area contributed by atoms with Crippen LogP contribution in [0.25, 0.3) is 10.2 Å². The second kappa shape index (κ2) is 7.21. The summed E-state index contributed by atoms with van der Waals surface area (Å²) in [4.78, 5) is 28.1. The van der Waals surface area contributed by atoms with Gasteiger partial charge < -0.3 is 10.6 Å². The highest BCUT2D eigenvalue weighted by atomic mass is 35.5. The summed E-state index contributed by atoms with van der Waals surface area (Å²) in [6.45, 7) is 3.46. The number of rotatable bonds is 5. The Balaban J connectivity index is 1.72. The minimum Gasteiger partial charge on any atom is -0.373 e. The molecule has 0 saturated heterocycles. The van der Waals surface area contributed by atoms with E-state index in [0.717, 1.165) is 15.2 Å². The summed E-state index contributed by atoms with van der Waals surface area (Å²) in [6.07, 6.45) is 0. The van der Waals surface area contributed by atoms with Crippen molar-refractivity contribution in [3.05, 3.63) is 52.0 Å². The van der Waals surface area contributed by atoms with Crippen molar-refractivity contribution in [3.63, 3.8) is 0 Å². The molecule has 3 aromatic rings. The number of benzene rings is 2. The van der Waals surface area contributed by atoms with E-state index in [2.05, 4.69) is 15.6 Å². The van der Waals surface area contributed by atoms with E-state index >= 15 is 0 Å². The number of thiazole rings is 1. The van der Waals surface area contributed by atoms with Crippen molar-refractivity contribution in [2.45, 2.75) is 13.8 Å². The number of aromatic nitrogens is 1. The van der Waals surface area contributed by atoms with Crippen LogP contribution >= 0.6 is 22.9 Å². The monoisotopic (exact) mass is 373 g/mol. The van der Waals surface area contributed by atoms with Gasteiger partial charge in [0, 0.05) is 11.3 Å². The Morgan fingerprint density at radius 3 is 2.80 bits per heavy atom. The fourth-order valence-electron chi connectivity index (χ4n) is 2.44. The van der Waals surface area contributed by atoms with Crippen LogP contribution in [-0.4, -0.2) is 23.2 Å². The number of Topliss-reactive ketones (excluding diaryl/α,β-unsaturated/α-hetero) is 1. The molecule has 0 atom stereocenters.